The van der Waals surface area contributed by atoms with Crippen molar-refractivity contribution in [3.63, 3.8) is 0 Å². The molecule has 2 bridgehead atoms. The summed E-state index contributed by atoms with van der Waals surface area (Å²) in [4.78, 5) is 38.5. The summed E-state index contributed by atoms with van der Waals surface area (Å²) in [6.45, 7) is 6.82. The molecule has 226 valence electrons. The number of carbonyl (C=O) groups excluding carboxylic acids is 3. The molecule has 2 saturated carbocycles. The number of benzene rings is 2. The Morgan fingerprint density at radius 3 is 2.60 bits per heavy atom. The number of hydrogen-bond acceptors (Lipinski definition) is 6. The van der Waals surface area contributed by atoms with Gasteiger partial charge in [-0.3, -0.25) is 24.6 Å². The summed E-state index contributed by atoms with van der Waals surface area (Å²) >= 11 is 1.49. The lowest BCUT2D eigenvalue weighted by Gasteiger charge is -2.47. The number of thioether (sulfide) groups is 1. The van der Waals surface area contributed by atoms with Crippen molar-refractivity contribution in [1.29, 1.82) is 0 Å². The van der Waals surface area contributed by atoms with Gasteiger partial charge in [0.25, 0.3) is 0 Å². The lowest BCUT2D eigenvalue weighted by Crippen LogP contribution is -2.51. The maximum atomic E-state index is 15.2. The van der Waals surface area contributed by atoms with Gasteiger partial charge in [0.15, 0.2) is 0 Å². The monoisotopic (exact) mass is 593 g/mol. The molecule has 2 aromatic rings. The molecule has 2 aromatic carbocycles. The van der Waals surface area contributed by atoms with Crippen LogP contribution >= 0.6 is 11.8 Å². The molecule has 3 atom stereocenters. The van der Waals surface area contributed by atoms with Crippen molar-refractivity contribution in [1.82, 2.24) is 15.5 Å². The highest BCUT2D eigenvalue weighted by Crippen LogP contribution is 2.50. The van der Waals surface area contributed by atoms with Crippen LogP contribution < -0.4 is 10.6 Å². The standard InChI is InChI=1S/C34H44FN3O3S/c1-22-11-24-13-25(12-22)16-34(2,15-24)21-36-17-23-7-8-27(29(35)14-23)20-42-31-6-4-5-26(19-39)28(31)18-38(3)30-9-10-32(40)37-33(30)41/h4-8,14,19,22,24-25,30,36H,9-13,15-18,20-21H2,1-3H3,(H,37,40,41). The van der Waals surface area contributed by atoms with Gasteiger partial charge in [-0.2, -0.15) is 0 Å². The Kier molecular flexibility index (Phi) is 9.85. The van der Waals surface area contributed by atoms with Crippen molar-refractivity contribution >= 4 is 29.9 Å². The van der Waals surface area contributed by atoms with Crippen LogP contribution in [-0.4, -0.2) is 42.6 Å². The molecule has 0 aromatic heterocycles. The molecule has 8 heteroatoms. The molecular formula is C34H44FN3O3S. The molecule has 2 aliphatic carbocycles. The van der Waals surface area contributed by atoms with Gasteiger partial charge in [-0.05, 0) is 97.6 Å². The van der Waals surface area contributed by atoms with E-state index < -0.39 is 6.04 Å². The average molecular weight is 594 g/mol. The van der Waals surface area contributed by atoms with Crippen LogP contribution in [0.5, 0.6) is 0 Å². The van der Waals surface area contributed by atoms with Gasteiger partial charge in [0.2, 0.25) is 11.8 Å². The number of halogens is 1. The van der Waals surface area contributed by atoms with Crippen LogP contribution in [0.1, 0.15) is 85.8 Å². The van der Waals surface area contributed by atoms with E-state index >= 15 is 4.39 Å². The highest BCUT2D eigenvalue weighted by Gasteiger charge is 2.40. The lowest BCUT2D eigenvalue weighted by molar-refractivity contribution is -0.137. The summed E-state index contributed by atoms with van der Waals surface area (Å²) in [5.74, 6) is 2.23. The first-order valence-electron chi connectivity index (χ1n) is 15.3. The van der Waals surface area contributed by atoms with E-state index in [0.29, 0.717) is 48.2 Å². The number of amides is 2. The third kappa shape index (κ3) is 7.50. The van der Waals surface area contributed by atoms with Gasteiger partial charge < -0.3 is 5.32 Å². The van der Waals surface area contributed by atoms with Gasteiger partial charge in [-0.15, -0.1) is 11.8 Å². The van der Waals surface area contributed by atoms with Crippen LogP contribution in [0.2, 0.25) is 0 Å². The number of nitrogens with zero attached hydrogens (tertiary/aromatic N) is 1. The van der Waals surface area contributed by atoms with E-state index in [0.717, 1.165) is 46.6 Å². The molecule has 6 nitrogen and oxygen atoms in total. The third-order valence-electron chi connectivity index (χ3n) is 9.53. The van der Waals surface area contributed by atoms with Crippen LogP contribution in [0.3, 0.4) is 0 Å². The Labute approximate surface area is 253 Å². The maximum absolute atomic E-state index is 15.2. The molecule has 3 aliphatic rings. The molecule has 5 rings (SSSR count). The molecule has 0 spiro atoms. The zero-order chi connectivity index (χ0) is 29.9. The normalized spacial score (nSPS) is 27.6. The first-order chi connectivity index (χ1) is 20.1. The van der Waals surface area contributed by atoms with Crippen molar-refractivity contribution in [2.24, 2.45) is 23.2 Å². The second-order valence-corrected chi connectivity index (χ2v) is 14.4. The van der Waals surface area contributed by atoms with E-state index in [1.165, 1.54) is 43.9 Å². The molecule has 2 amide bonds. The molecule has 0 radical (unpaired) electrons. The summed E-state index contributed by atoms with van der Waals surface area (Å²) in [6, 6.07) is 10.6. The smallest absolute Gasteiger partial charge is 0.243 e. The summed E-state index contributed by atoms with van der Waals surface area (Å²) in [5, 5.41) is 6.03. The van der Waals surface area contributed by atoms with Gasteiger partial charge in [-0.1, -0.05) is 38.1 Å². The molecule has 3 unspecified atom stereocenters. The van der Waals surface area contributed by atoms with E-state index in [2.05, 4.69) is 24.5 Å². The van der Waals surface area contributed by atoms with Crippen LogP contribution in [0, 0.1) is 29.0 Å². The molecule has 1 saturated heterocycles. The summed E-state index contributed by atoms with van der Waals surface area (Å²) in [6.07, 6.45) is 8.29. The Hall–Kier alpha value is -2.55. The highest BCUT2D eigenvalue weighted by atomic mass is 32.2. The molecule has 1 aliphatic heterocycles. The fraction of sp³-hybridized carbons (Fsp3) is 0.559. The van der Waals surface area contributed by atoms with Crippen LogP contribution in [0.15, 0.2) is 41.3 Å². The topological polar surface area (TPSA) is 78.5 Å². The van der Waals surface area contributed by atoms with E-state index in [1.807, 2.05) is 36.2 Å². The van der Waals surface area contributed by atoms with Gasteiger partial charge >= 0.3 is 0 Å². The molecule has 1 heterocycles. The van der Waals surface area contributed by atoms with Gasteiger partial charge in [0.05, 0.1) is 6.04 Å². The Balaban J connectivity index is 1.17. The minimum atomic E-state index is -0.442. The minimum Gasteiger partial charge on any atom is -0.312 e. The highest BCUT2D eigenvalue weighted by molar-refractivity contribution is 7.98. The number of rotatable bonds is 11. The van der Waals surface area contributed by atoms with E-state index in [1.54, 1.807) is 12.1 Å². The lowest BCUT2D eigenvalue weighted by atomic mass is 9.59. The fourth-order valence-electron chi connectivity index (χ4n) is 7.79. The largest absolute Gasteiger partial charge is 0.312 e. The van der Waals surface area contributed by atoms with E-state index in [-0.39, 0.29) is 17.6 Å². The molecule has 2 N–H and O–H groups in total. The number of imide groups is 1. The van der Waals surface area contributed by atoms with Crippen molar-refractivity contribution in [2.75, 3.05) is 13.6 Å². The SMILES string of the molecule is CC1CC2CC(C1)CC(C)(CNCc1ccc(CSc3cccc(C=O)c3CN(C)C3CCC(=O)NC3=O)c(F)c1)C2. The summed E-state index contributed by atoms with van der Waals surface area (Å²) < 4.78 is 15.2. The fourth-order valence-corrected chi connectivity index (χ4v) is 8.87. The Bertz CT molecular complexity index is 1300. The number of aldehydes is 1. The first-order valence-corrected chi connectivity index (χ1v) is 16.3. The Morgan fingerprint density at radius 2 is 1.90 bits per heavy atom. The van der Waals surface area contributed by atoms with Gasteiger partial charge in [0.1, 0.15) is 12.1 Å². The van der Waals surface area contributed by atoms with Gasteiger partial charge in [0, 0.05) is 42.3 Å². The predicted octanol–water partition coefficient (Wildman–Crippen LogP) is 6.11. The summed E-state index contributed by atoms with van der Waals surface area (Å²) in [7, 11) is 1.82. The quantitative estimate of drug-likeness (QED) is 0.186. The second kappa shape index (κ2) is 13.4. The molecule has 3 fully saturated rings. The number of piperidine rings is 1. The van der Waals surface area contributed by atoms with Crippen LogP contribution in [0.4, 0.5) is 4.39 Å². The predicted molar refractivity (Wildman–Crippen MR) is 164 cm³/mol. The number of nitrogens with one attached hydrogen (secondary N) is 2. The summed E-state index contributed by atoms with van der Waals surface area (Å²) in [5.41, 5.74) is 3.24. The third-order valence-corrected chi connectivity index (χ3v) is 10.7. The van der Waals surface area contributed by atoms with E-state index in [4.69, 9.17) is 0 Å². The van der Waals surface area contributed by atoms with Crippen molar-refractivity contribution in [2.45, 2.75) is 88.6 Å². The zero-order valence-electron chi connectivity index (χ0n) is 25.1. The number of fused-ring (bicyclic) bond motifs is 2. The number of likely N-dealkylation sites (N-methyl/N-ethyl adjacent to an activating group) is 1. The number of hydrogen-bond donors (Lipinski definition) is 2. The Morgan fingerprint density at radius 1 is 1.14 bits per heavy atom. The maximum Gasteiger partial charge on any atom is 0.243 e. The average Bonchev–Trinajstić information content (AvgIpc) is 2.92. The van der Waals surface area contributed by atoms with Crippen LogP contribution in [0.25, 0.3) is 0 Å². The van der Waals surface area contributed by atoms with E-state index in [9.17, 15) is 14.4 Å². The van der Waals surface area contributed by atoms with Crippen molar-refractivity contribution < 1.29 is 18.8 Å². The minimum absolute atomic E-state index is 0.219. The van der Waals surface area contributed by atoms with Crippen LogP contribution in [-0.2, 0) is 28.4 Å². The van der Waals surface area contributed by atoms with Crippen molar-refractivity contribution in [3.8, 4) is 0 Å². The first kappa shape index (κ1) is 30.9. The zero-order valence-corrected chi connectivity index (χ0v) is 25.9. The molecular weight excluding hydrogens is 549 g/mol. The number of carbonyl (C=O) groups is 3. The van der Waals surface area contributed by atoms with Crippen molar-refractivity contribution in [3.05, 3.63) is 64.5 Å². The molecule has 42 heavy (non-hydrogen) atoms. The second-order valence-electron chi connectivity index (χ2n) is 13.4. The van der Waals surface area contributed by atoms with Gasteiger partial charge in [-0.25, -0.2) is 4.39 Å².